The first-order chi connectivity index (χ1) is 8.31. The summed E-state index contributed by atoms with van der Waals surface area (Å²) in [5.41, 5.74) is 1.06. The highest BCUT2D eigenvalue weighted by atomic mass is 16.5. The maximum Gasteiger partial charge on any atom is 0.161 e. The lowest BCUT2D eigenvalue weighted by Gasteiger charge is -2.07. The zero-order chi connectivity index (χ0) is 12.5. The van der Waals surface area contributed by atoms with Crippen molar-refractivity contribution in [3.05, 3.63) is 29.8 Å². The number of carbonyl (C=O) groups excluding carboxylic acids is 1. The molecule has 0 aliphatic heterocycles. The van der Waals surface area contributed by atoms with Gasteiger partial charge in [0.25, 0.3) is 0 Å². The molecule has 3 heteroatoms. The van der Waals surface area contributed by atoms with Crippen LogP contribution in [0, 0.1) is 0 Å². The van der Waals surface area contributed by atoms with Crippen LogP contribution in [-0.4, -0.2) is 20.5 Å². The molecule has 0 heterocycles. The van der Waals surface area contributed by atoms with E-state index in [0.29, 0.717) is 6.42 Å². The standard InChI is InChI=1S/C14H18O3/c1-16-13-9-8-12(11-14(13)17-2)7-5-3-4-6-10-15/h5,7-11H,3-4,6H2,1-2H3/b7-5+. The molecule has 3 nitrogen and oxygen atoms in total. The zero-order valence-electron chi connectivity index (χ0n) is 10.3. The van der Waals surface area contributed by atoms with Crippen LogP contribution in [0.2, 0.25) is 0 Å². The Hall–Kier alpha value is -1.77. The van der Waals surface area contributed by atoms with Crippen LogP contribution in [0.4, 0.5) is 0 Å². The molecule has 1 rings (SSSR count). The second-order valence-electron chi connectivity index (χ2n) is 3.61. The fraction of sp³-hybridized carbons (Fsp3) is 0.357. The third-order valence-corrected chi connectivity index (χ3v) is 2.41. The van der Waals surface area contributed by atoms with Gasteiger partial charge in [-0.3, -0.25) is 0 Å². The van der Waals surface area contributed by atoms with Crippen molar-refractivity contribution in [3.8, 4) is 11.5 Å². The van der Waals surface area contributed by atoms with Gasteiger partial charge >= 0.3 is 0 Å². The van der Waals surface area contributed by atoms with Crippen LogP contribution in [0.15, 0.2) is 24.3 Å². The van der Waals surface area contributed by atoms with E-state index in [2.05, 4.69) is 6.08 Å². The molecule has 0 aliphatic rings. The van der Waals surface area contributed by atoms with E-state index in [-0.39, 0.29) is 0 Å². The molecule has 0 aliphatic carbocycles. The van der Waals surface area contributed by atoms with Crippen molar-refractivity contribution in [1.82, 2.24) is 0 Å². The third-order valence-electron chi connectivity index (χ3n) is 2.41. The van der Waals surface area contributed by atoms with Crippen molar-refractivity contribution < 1.29 is 14.3 Å². The fourth-order valence-electron chi connectivity index (χ4n) is 1.49. The fourth-order valence-corrected chi connectivity index (χ4v) is 1.49. The summed E-state index contributed by atoms with van der Waals surface area (Å²) in [5, 5.41) is 0. The minimum atomic E-state index is 0.621. The van der Waals surface area contributed by atoms with E-state index < -0.39 is 0 Å². The minimum absolute atomic E-state index is 0.621. The normalized spacial score (nSPS) is 10.5. The highest BCUT2D eigenvalue weighted by Crippen LogP contribution is 2.27. The Kier molecular flexibility index (Phi) is 5.86. The lowest BCUT2D eigenvalue weighted by atomic mass is 10.1. The van der Waals surface area contributed by atoms with E-state index in [9.17, 15) is 4.79 Å². The highest BCUT2D eigenvalue weighted by Gasteiger charge is 2.02. The molecular formula is C14H18O3. The second kappa shape index (κ2) is 7.49. The zero-order valence-corrected chi connectivity index (χ0v) is 10.3. The summed E-state index contributed by atoms with van der Waals surface area (Å²) in [7, 11) is 3.24. The van der Waals surface area contributed by atoms with Crippen LogP contribution in [0.5, 0.6) is 11.5 Å². The van der Waals surface area contributed by atoms with Crippen LogP contribution in [0.3, 0.4) is 0 Å². The van der Waals surface area contributed by atoms with Crippen LogP contribution in [-0.2, 0) is 4.79 Å². The van der Waals surface area contributed by atoms with E-state index >= 15 is 0 Å². The van der Waals surface area contributed by atoms with E-state index in [1.54, 1.807) is 14.2 Å². The van der Waals surface area contributed by atoms with Crippen LogP contribution >= 0.6 is 0 Å². The van der Waals surface area contributed by atoms with Crippen LogP contribution < -0.4 is 9.47 Å². The van der Waals surface area contributed by atoms with Gasteiger partial charge in [0.05, 0.1) is 14.2 Å². The Morgan fingerprint density at radius 2 is 1.88 bits per heavy atom. The Morgan fingerprint density at radius 1 is 1.12 bits per heavy atom. The molecule has 0 bridgehead atoms. The molecule has 0 fully saturated rings. The first-order valence-electron chi connectivity index (χ1n) is 5.64. The molecule has 0 saturated heterocycles. The Bertz CT molecular complexity index is 383. The first-order valence-corrected chi connectivity index (χ1v) is 5.64. The predicted octanol–water partition coefficient (Wildman–Crippen LogP) is 3.09. The third kappa shape index (κ3) is 4.31. The largest absolute Gasteiger partial charge is 0.493 e. The van der Waals surface area contributed by atoms with E-state index in [1.165, 1.54) is 0 Å². The minimum Gasteiger partial charge on any atom is -0.493 e. The number of methoxy groups -OCH3 is 2. The van der Waals surface area contributed by atoms with Crippen molar-refractivity contribution in [1.29, 1.82) is 0 Å². The molecule has 0 radical (unpaired) electrons. The van der Waals surface area contributed by atoms with Crippen molar-refractivity contribution in [2.45, 2.75) is 19.3 Å². The van der Waals surface area contributed by atoms with Crippen molar-refractivity contribution >= 4 is 12.4 Å². The van der Waals surface area contributed by atoms with Gasteiger partial charge in [-0.25, -0.2) is 0 Å². The summed E-state index contributed by atoms with van der Waals surface area (Å²) in [6.45, 7) is 0. The molecule has 0 atom stereocenters. The number of unbranched alkanes of at least 4 members (excludes halogenated alkanes) is 2. The van der Waals surface area contributed by atoms with E-state index in [0.717, 1.165) is 36.2 Å². The average Bonchev–Trinajstić information content (AvgIpc) is 2.38. The van der Waals surface area contributed by atoms with Gasteiger partial charge in [-0.2, -0.15) is 0 Å². The summed E-state index contributed by atoms with van der Waals surface area (Å²) >= 11 is 0. The topological polar surface area (TPSA) is 35.5 Å². The summed E-state index contributed by atoms with van der Waals surface area (Å²) < 4.78 is 10.4. The van der Waals surface area contributed by atoms with Gasteiger partial charge in [0.15, 0.2) is 11.5 Å². The Labute approximate surface area is 102 Å². The van der Waals surface area contributed by atoms with Gasteiger partial charge in [-0.05, 0) is 30.5 Å². The maximum absolute atomic E-state index is 10.1. The van der Waals surface area contributed by atoms with Gasteiger partial charge in [0.2, 0.25) is 0 Å². The smallest absolute Gasteiger partial charge is 0.161 e. The quantitative estimate of drug-likeness (QED) is 0.537. The molecule has 0 aromatic heterocycles. The summed E-state index contributed by atoms with van der Waals surface area (Å²) in [4.78, 5) is 10.1. The SMILES string of the molecule is COc1ccc(/C=C/CCCC=O)cc1OC. The Morgan fingerprint density at radius 3 is 2.53 bits per heavy atom. The van der Waals surface area contributed by atoms with Crippen LogP contribution in [0.25, 0.3) is 6.08 Å². The molecule has 0 amide bonds. The molecule has 92 valence electrons. The number of carbonyl (C=O) groups is 1. The number of aldehydes is 1. The van der Waals surface area contributed by atoms with Crippen LogP contribution in [0.1, 0.15) is 24.8 Å². The first kappa shape index (κ1) is 13.3. The number of rotatable bonds is 7. The molecule has 17 heavy (non-hydrogen) atoms. The average molecular weight is 234 g/mol. The van der Waals surface area contributed by atoms with E-state index in [4.69, 9.17) is 9.47 Å². The number of hydrogen-bond donors (Lipinski definition) is 0. The van der Waals surface area contributed by atoms with Gasteiger partial charge < -0.3 is 14.3 Å². The molecule has 0 N–H and O–H groups in total. The highest BCUT2D eigenvalue weighted by molar-refractivity contribution is 5.56. The predicted molar refractivity (Wildman–Crippen MR) is 68.5 cm³/mol. The number of benzene rings is 1. The maximum atomic E-state index is 10.1. The number of ether oxygens (including phenoxy) is 2. The summed E-state index contributed by atoms with van der Waals surface area (Å²) in [6.07, 6.45) is 7.46. The molecule has 1 aromatic rings. The summed E-state index contributed by atoms with van der Waals surface area (Å²) in [5.74, 6) is 1.45. The number of allylic oxidation sites excluding steroid dienone is 1. The van der Waals surface area contributed by atoms with E-state index in [1.807, 2.05) is 24.3 Å². The van der Waals surface area contributed by atoms with Crippen molar-refractivity contribution in [2.24, 2.45) is 0 Å². The molecule has 0 spiro atoms. The summed E-state index contributed by atoms with van der Waals surface area (Å²) in [6, 6.07) is 5.77. The lowest BCUT2D eigenvalue weighted by Crippen LogP contribution is -1.90. The molecule has 1 aromatic carbocycles. The lowest BCUT2D eigenvalue weighted by molar-refractivity contribution is -0.107. The van der Waals surface area contributed by atoms with Crippen molar-refractivity contribution in [2.75, 3.05) is 14.2 Å². The van der Waals surface area contributed by atoms with Gasteiger partial charge in [0.1, 0.15) is 6.29 Å². The van der Waals surface area contributed by atoms with Gasteiger partial charge in [-0.1, -0.05) is 18.2 Å². The molecular weight excluding hydrogens is 216 g/mol. The molecule has 0 saturated carbocycles. The molecule has 0 unspecified atom stereocenters. The monoisotopic (exact) mass is 234 g/mol. The number of hydrogen-bond acceptors (Lipinski definition) is 3. The van der Waals surface area contributed by atoms with Crippen molar-refractivity contribution in [3.63, 3.8) is 0 Å². The second-order valence-corrected chi connectivity index (χ2v) is 3.61. The Balaban J connectivity index is 2.62. The van der Waals surface area contributed by atoms with Gasteiger partial charge in [0, 0.05) is 6.42 Å². The van der Waals surface area contributed by atoms with Gasteiger partial charge in [-0.15, -0.1) is 0 Å².